The van der Waals surface area contributed by atoms with Crippen molar-refractivity contribution in [3.63, 3.8) is 0 Å². The fourth-order valence-electron chi connectivity index (χ4n) is 2.37. The molecule has 0 aromatic heterocycles. The monoisotopic (exact) mass is 349 g/mol. The Bertz CT molecular complexity index is 722. The Morgan fingerprint density at radius 3 is 2.56 bits per heavy atom. The Labute approximate surface area is 145 Å². The Hall–Kier alpha value is -2.31. The fourth-order valence-corrected chi connectivity index (χ4v) is 2.37. The molecule has 1 N–H and O–H groups in total. The number of halogens is 2. The smallest absolute Gasteiger partial charge is 0.256 e. The van der Waals surface area contributed by atoms with Gasteiger partial charge in [-0.25, -0.2) is 8.78 Å². The maximum Gasteiger partial charge on any atom is 0.256 e. The zero-order chi connectivity index (χ0) is 18.4. The van der Waals surface area contributed by atoms with Crippen molar-refractivity contribution in [2.45, 2.75) is 19.6 Å². The Balaban J connectivity index is 1.87. The molecular formula is C19H21F2NO3. The summed E-state index contributed by atoms with van der Waals surface area (Å²) >= 11 is 0. The van der Waals surface area contributed by atoms with Crippen molar-refractivity contribution >= 4 is 5.91 Å². The molecule has 4 nitrogen and oxygen atoms in total. The van der Waals surface area contributed by atoms with Crippen LogP contribution in [0.1, 0.15) is 21.5 Å². The van der Waals surface area contributed by atoms with Crippen LogP contribution in [0.3, 0.4) is 0 Å². The van der Waals surface area contributed by atoms with E-state index in [0.29, 0.717) is 12.7 Å². The molecule has 0 aliphatic carbocycles. The maximum atomic E-state index is 13.8. The summed E-state index contributed by atoms with van der Waals surface area (Å²) in [4.78, 5) is 13.5. The third-order valence-corrected chi connectivity index (χ3v) is 3.73. The van der Waals surface area contributed by atoms with Crippen molar-refractivity contribution in [3.8, 4) is 0 Å². The molecule has 2 aromatic carbocycles. The van der Waals surface area contributed by atoms with Crippen LogP contribution >= 0.6 is 0 Å². The molecule has 1 amide bonds. The lowest BCUT2D eigenvalue weighted by Crippen LogP contribution is -2.36. The molecule has 2 aromatic rings. The van der Waals surface area contributed by atoms with Crippen LogP contribution in [0.2, 0.25) is 0 Å². The normalized spacial score (nSPS) is 12.0. The number of likely N-dealkylation sites (N-methyl/N-ethyl adjacent to an activating group) is 1. The van der Waals surface area contributed by atoms with E-state index >= 15 is 0 Å². The van der Waals surface area contributed by atoms with Gasteiger partial charge in [0, 0.05) is 19.7 Å². The SMILES string of the molecule is Cc1cc(C(=O)N(C)CC(O)COCc2ccccc2)c(F)cc1F. The van der Waals surface area contributed by atoms with Gasteiger partial charge in [0.1, 0.15) is 11.6 Å². The highest BCUT2D eigenvalue weighted by Crippen LogP contribution is 2.16. The number of hydrogen-bond acceptors (Lipinski definition) is 3. The zero-order valence-electron chi connectivity index (χ0n) is 14.2. The first kappa shape index (κ1) is 19.0. The van der Waals surface area contributed by atoms with Gasteiger partial charge >= 0.3 is 0 Å². The van der Waals surface area contributed by atoms with Crippen LogP contribution in [0, 0.1) is 18.6 Å². The van der Waals surface area contributed by atoms with E-state index in [1.165, 1.54) is 24.9 Å². The second-order valence-electron chi connectivity index (χ2n) is 5.92. The molecule has 0 aliphatic rings. The van der Waals surface area contributed by atoms with Crippen LogP contribution < -0.4 is 0 Å². The topological polar surface area (TPSA) is 49.8 Å². The van der Waals surface area contributed by atoms with Crippen molar-refractivity contribution in [2.75, 3.05) is 20.2 Å². The quantitative estimate of drug-likeness (QED) is 0.836. The predicted octanol–water partition coefficient (Wildman–Crippen LogP) is 2.92. The number of aliphatic hydroxyl groups excluding tert-OH is 1. The lowest BCUT2D eigenvalue weighted by atomic mass is 10.1. The van der Waals surface area contributed by atoms with E-state index in [-0.39, 0.29) is 24.3 Å². The van der Waals surface area contributed by atoms with E-state index in [0.717, 1.165) is 5.56 Å². The van der Waals surface area contributed by atoms with E-state index < -0.39 is 23.6 Å². The van der Waals surface area contributed by atoms with E-state index in [2.05, 4.69) is 0 Å². The van der Waals surface area contributed by atoms with Crippen molar-refractivity contribution < 1.29 is 23.4 Å². The molecule has 0 heterocycles. The van der Waals surface area contributed by atoms with Gasteiger partial charge in [-0.15, -0.1) is 0 Å². The molecule has 0 saturated carbocycles. The summed E-state index contributed by atoms with van der Waals surface area (Å²) in [7, 11) is 1.45. The summed E-state index contributed by atoms with van der Waals surface area (Å²) in [6, 6.07) is 11.3. The summed E-state index contributed by atoms with van der Waals surface area (Å²) in [5.74, 6) is -2.25. The lowest BCUT2D eigenvalue weighted by Gasteiger charge is -2.21. The number of ether oxygens (including phenoxy) is 1. The van der Waals surface area contributed by atoms with Gasteiger partial charge in [0.15, 0.2) is 0 Å². The molecule has 134 valence electrons. The van der Waals surface area contributed by atoms with Crippen LogP contribution in [-0.4, -0.2) is 42.2 Å². The van der Waals surface area contributed by atoms with Gasteiger partial charge in [-0.3, -0.25) is 4.79 Å². The van der Waals surface area contributed by atoms with E-state index in [4.69, 9.17) is 4.74 Å². The second-order valence-corrected chi connectivity index (χ2v) is 5.92. The third kappa shape index (κ3) is 5.34. The van der Waals surface area contributed by atoms with Crippen molar-refractivity contribution in [1.82, 2.24) is 4.90 Å². The molecule has 1 atom stereocenters. The summed E-state index contributed by atoms with van der Waals surface area (Å²) < 4.78 is 32.5. The first-order valence-electron chi connectivity index (χ1n) is 7.89. The average Bonchev–Trinajstić information content (AvgIpc) is 2.58. The highest BCUT2D eigenvalue weighted by Gasteiger charge is 2.20. The standard InChI is InChI=1S/C19H21F2NO3/c1-13-8-16(18(21)9-17(13)20)19(24)22(2)10-15(23)12-25-11-14-6-4-3-5-7-14/h3-9,15,23H,10-12H2,1-2H3. The number of rotatable bonds is 7. The predicted molar refractivity (Wildman–Crippen MR) is 90.2 cm³/mol. The number of nitrogens with zero attached hydrogens (tertiary/aromatic N) is 1. The van der Waals surface area contributed by atoms with Crippen LogP contribution in [0.25, 0.3) is 0 Å². The Morgan fingerprint density at radius 2 is 1.88 bits per heavy atom. The van der Waals surface area contributed by atoms with Crippen LogP contribution in [0.5, 0.6) is 0 Å². The summed E-state index contributed by atoms with van der Waals surface area (Å²) in [6.07, 6.45) is -0.915. The van der Waals surface area contributed by atoms with Gasteiger partial charge in [0.2, 0.25) is 0 Å². The highest BCUT2D eigenvalue weighted by molar-refractivity contribution is 5.94. The Morgan fingerprint density at radius 1 is 1.20 bits per heavy atom. The first-order chi connectivity index (χ1) is 11.9. The van der Waals surface area contributed by atoms with Gasteiger partial charge in [0.25, 0.3) is 5.91 Å². The summed E-state index contributed by atoms with van der Waals surface area (Å²) in [5.41, 5.74) is 0.937. The summed E-state index contributed by atoms with van der Waals surface area (Å²) in [5, 5.41) is 9.99. The molecule has 25 heavy (non-hydrogen) atoms. The molecule has 2 rings (SSSR count). The zero-order valence-corrected chi connectivity index (χ0v) is 14.2. The largest absolute Gasteiger partial charge is 0.389 e. The number of aliphatic hydroxyl groups is 1. The van der Waals surface area contributed by atoms with Gasteiger partial charge in [-0.1, -0.05) is 30.3 Å². The molecule has 0 radical (unpaired) electrons. The minimum absolute atomic E-state index is 0.0243. The molecule has 0 aliphatic heterocycles. The van der Waals surface area contributed by atoms with Gasteiger partial charge in [-0.05, 0) is 24.1 Å². The second kappa shape index (κ2) is 8.69. The van der Waals surface area contributed by atoms with E-state index in [9.17, 15) is 18.7 Å². The first-order valence-corrected chi connectivity index (χ1v) is 7.89. The van der Waals surface area contributed by atoms with Crippen LogP contribution in [0.4, 0.5) is 8.78 Å². The number of aryl methyl sites for hydroxylation is 1. The lowest BCUT2D eigenvalue weighted by molar-refractivity contribution is 0.0136. The number of carbonyl (C=O) groups is 1. The van der Waals surface area contributed by atoms with Gasteiger partial charge in [-0.2, -0.15) is 0 Å². The molecule has 0 spiro atoms. The van der Waals surface area contributed by atoms with Crippen LogP contribution in [0.15, 0.2) is 42.5 Å². The average molecular weight is 349 g/mol. The van der Waals surface area contributed by atoms with Crippen molar-refractivity contribution in [2.24, 2.45) is 0 Å². The van der Waals surface area contributed by atoms with Crippen LogP contribution in [-0.2, 0) is 11.3 Å². The fraction of sp³-hybridized carbons (Fsp3) is 0.316. The molecule has 6 heteroatoms. The molecule has 0 bridgehead atoms. The molecule has 0 fully saturated rings. The van der Waals surface area contributed by atoms with E-state index in [1.54, 1.807) is 0 Å². The minimum Gasteiger partial charge on any atom is -0.389 e. The maximum absolute atomic E-state index is 13.8. The molecule has 1 unspecified atom stereocenters. The number of hydrogen-bond donors (Lipinski definition) is 1. The minimum atomic E-state index is -0.922. The highest BCUT2D eigenvalue weighted by atomic mass is 19.1. The van der Waals surface area contributed by atoms with Gasteiger partial charge < -0.3 is 14.7 Å². The van der Waals surface area contributed by atoms with Gasteiger partial charge in [0.05, 0.1) is 24.9 Å². The third-order valence-electron chi connectivity index (χ3n) is 3.73. The van der Waals surface area contributed by atoms with Crippen molar-refractivity contribution in [3.05, 3.63) is 70.8 Å². The molecule has 0 saturated heterocycles. The summed E-state index contributed by atoms with van der Waals surface area (Å²) in [6.45, 7) is 1.82. The number of amides is 1. The van der Waals surface area contributed by atoms with E-state index in [1.807, 2.05) is 30.3 Å². The number of carbonyl (C=O) groups excluding carboxylic acids is 1. The molecular weight excluding hydrogens is 328 g/mol. The number of benzene rings is 2. The Kier molecular flexibility index (Phi) is 6.61. The van der Waals surface area contributed by atoms with Crippen molar-refractivity contribution in [1.29, 1.82) is 0 Å².